The number of esters is 1. The highest BCUT2D eigenvalue weighted by atomic mass is 35.5. The van der Waals surface area contributed by atoms with Crippen LogP contribution >= 0.6 is 11.6 Å². The Morgan fingerprint density at radius 2 is 1.36 bits per heavy atom. The lowest BCUT2D eigenvalue weighted by atomic mass is 9.98. The second-order valence-electron chi connectivity index (χ2n) is 9.96. The highest BCUT2D eigenvalue weighted by Crippen LogP contribution is 2.20. The van der Waals surface area contributed by atoms with Gasteiger partial charge in [0.2, 0.25) is 0 Å². The van der Waals surface area contributed by atoms with Gasteiger partial charge in [0.1, 0.15) is 0 Å². The number of halogens is 1. The average molecular weight is 513 g/mol. The van der Waals surface area contributed by atoms with Gasteiger partial charge in [-0.15, -0.1) is 0 Å². The molecule has 0 amide bonds. The Balaban J connectivity index is 1.12. The minimum Gasteiger partial charge on any atom is -0.465 e. The Labute approximate surface area is 221 Å². The van der Waals surface area contributed by atoms with Gasteiger partial charge in [-0.1, -0.05) is 54.1 Å². The minimum atomic E-state index is -0.212. The van der Waals surface area contributed by atoms with Gasteiger partial charge >= 0.3 is 5.97 Å². The number of piperazine rings is 2. The van der Waals surface area contributed by atoms with Gasteiger partial charge in [-0.2, -0.15) is 0 Å². The summed E-state index contributed by atoms with van der Waals surface area (Å²) in [5, 5.41) is 0.804. The number of benzene rings is 2. The van der Waals surface area contributed by atoms with Crippen LogP contribution in [-0.4, -0.2) is 104 Å². The lowest BCUT2D eigenvalue weighted by Crippen LogP contribution is -2.49. The van der Waals surface area contributed by atoms with Crippen molar-refractivity contribution in [3.8, 4) is 0 Å². The van der Waals surface area contributed by atoms with Gasteiger partial charge in [0.15, 0.2) is 0 Å². The van der Waals surface area contributed by atoms with Crippen LogP contribution in [0.5, 0.6) is 0 Å². The van der Waals surface area contributed by atoms with E-state index in [2.05, 4.69) is 31.7 Å². The highest BCUT2D eigenvalue weighted by molar-refractivity contribution is 6.30. The van der Waals surface area contributed by atoms with E-state index in [1.54, 1.807) is 0 Å². The van der Waals surface area contributed by atoms with Crippen LogP contribution in [0.4, 0.5) is 0 Å². The molecule has 2 saturated heterocycles. The summed E-state index contributed by atoms with van der Waals surface area (Å²) >= 11 is 6.01. The molecule has 7 heteroatoms. The van der Waals surface area contributed by atoms with E-state index in [0.29, 0.717) is 6.61 Å². The van der Waals surface area contributed by atoms with Crippen LogP contribution in [-0.2, 0) is 16.1 Å². The van der Waals surface area contributed by atoms with Gasteiger partial charge in [0.25, 0.3) is 0 Å². The maximum Gasteiger partial charge on any atom is 0.314 e. The summed E-state index contributed by atoms with van der Waals surface area (Å²) in [6, 6.07) is 18.3. The summed E-state index contributed by atoms with van der Waals surface area (Å²) in [7, 11) is 0. The maximum absolute atomic E-state index is 12.6. The molecule has 2 fully saturated rings. The zero-order valence-corrected chi connectivity index (χ0v) is 22.4. The summed E-state index contributed by atoms with van der Waals surface area (Å²) in [5.41, 5.74) is 2.39. The fraction of sp³-hybridized carbons (Fsp3) is 0.552. The molecule has 2 aliphatic heterocycles. The fourth-order valence-corrected chi connectivity index (χ4v) is 5.36. The Hall–Kier alpha value is -1.96. The average Bonchev–Trinajstić information content (AvgIpc) is 2.91. The second kappa shape index (κ2) is 14.1. The van der Waals surface area contributed by atoms with E-state index in [9.17, 15) is 4.79 Å². The van der Waals surface area contributed by atoms with Crippen molar-refractivity contribution >= 4 is 17.6 Å². The number of hydrogen-bond donors (Lipinski definition) is 0. The summed E-state index contributed by atoms with van der Waals surface area (Å²) < 4.78 is 5.38. The SMILES string of the molecule is CCOC(=O)C(CN1CCN(CCCN2CCN(Cc3ccc(Cl)cc3)CC2)CC1)c1ccccc1. The summed E-state index contributed by atoms with van der Waals surface area (Å²) in [6.45, 7) is 15.1. The molecule has 0 saturated carbocycles. The Morgan fingerprint density at radius 1 is 0.806 bits per heavy atom. The van der Waals surface area contributed by atoms with E-state index >= 15 is 0 Å². The van der Waals surface area contributed by atoms with Gasteiger partial charge in [0.05, 0.1) is 12.5 Å². The van der Waals surface area contributed by atoms with Crippen molar-refractivity contribution in [2.75, 3.05) is 78.6 Å². The monoisotopic (exact) mass is 512 g/mol. The molecule has 2 aromatic rings. The number of hydrogen-bond acceptors (Lipinski definition) is 6. The number of nitrogens with zero attached hydrogens (tertiary/aromatic N) is 4. The number of carbonyl (C=O) groups is 1. The fourth-order valence-electron chi connectivity index (χ4n) is 5.23. The smallest absolute Gasteiger partial charge is 0.314 e. The summed E-state index contributed by atoms with van der Waals surface area (Å²) in [5.74, 6) is -0.324. The van der Waals surface area contributed by atoms with Crippen LogP contribution in [0.3, 0.4) is 0 Å². The third kappa shape index (κ3) is 8.29. The van der Waals surface area contributed by atoms with Crippen LogP contribution < -0.4 is 0 Å². The molecule has 1 unspecified atom stereocenters. The second-order valence-corrected chi connectivity index (χ2v) is 10.4. The van der Waals surface area contributed by atoms with Crippen molar-refractivity contribution in [2.24, 2.45) is 0 Å². The van der Waals surface area contributed by atoms with E-state index in [4.69, 9.17) is 16.3 Å². The third-order valence-electron chi connectivity index (χ3n) is 7.41. The maximum atomic E-state index is 12.6. The first-order chi connectivity index (χ1) is 17.6. The van der Waals surface area contributed by atoms with Gasteiger partial charge in [-0.3, -0.25) is 14.6 Å². The molecule has 0 aromatic heterocycles. The lowest BCUT2D eigenvalue weighted by Gasteiger charge is -2.37. The molecule has 0 aliphatic carbocycles. The van der Waals surface area contributed by atoms with E-state index in [1.165, 1.54) is 18.5 Å². The predicted octanol–water partition coefficient (Wildman–Crippen LogP) is 3.81. The lowest BCUT2D eigenvalue weighted by molar-refractivity contribution is -0.145. The largest absolute Gasteiger partial charge is 0.465 e. The quantitative estimate of drug-likeness (QED) is 0.426. The Morgan fingerprint density at radius 3 is 1.94 bits per heavy atom. The normalized spacial score (nSPS) is 19.3. The van der Waals surface area contributed by atoms with Crippen LogP contribution in [0.1, 0.15) is 30.4 Å². The molecule has 0 radical (unpaired) electrons. The number of carbonyl (C=O) groups excluding carboxylic acids is 1. The molecule has 6 nitrogen and oxygen atoms in total. The third-order valence-corrected chi connectivity index (χ3v) is 7.66. The zero-order chi connectivity index (χ0) is 25.2. The van der Waals surface area contributed by atoms with Crippen LogP contribution in [0.15, 0.2) is 54.6 Å². The van der Waals surface area contributed by atoms with Crippen molar-refractivity contribution in [1.82, 2.24) is 19.6 Å². The number of ether oxygens (including phenoxy) is 1. The van der Waals surface area contributed by atoms with Gasteiger partial charge < -0.3 is 14.5 Å². The van der Waals surface area contributed by atoms with Crippen molar-refractivity contribution in [3.63, 3.8) is 0 Å². The molecule has 196 valence electrons. The topological polar surface area (TPSA) is 39.3 Å². The molecule has 4 rings (SSSR count). The molecule has 2 aromatic carbocycles. The summed E-state index contributed by atoms with van der Waals surface area (Å²) in [4.78, 5) is 22.8. The first kappa shape index (κ1) is 27.1. The van der Waals surface area contributed by atoms with E-state index < -0.39 is 0 Å². The predicted molar refractivity (Wildman–Crippen MR) is 146 cm³/mol. The molecular weight excluding hydrogens is 472 g/mol. The standard InChI is InChI=1S/C29H41ClN4O2/c1-2-36-29(35)28(26-7-4-3-5-8-26)24-34-21-17-32(18-22-34)14-6-13-31-15-19-33(20-16-31)23-25-9-11-27(30)12-10-25/h3-5,7-12,28H,2,6,13-24H2,1H3. The minimum absolute atomic E-state index is 0.112. The van der Waals surface area contributed by atoms with Gasteiger partial charge in [-0.25, -0.2) is 0 Å². The summed E-state index contributed by atoms with van der Waals surface area (Å²) in [6.07, 6.45) is 1.21. The molecule has 0 spiro atoms. The zero-order valence-electron chi connectivity index (χ0n) is 21.7. The van der Waals surface area contributed by atoms with Crippen molar-refractivity contribution in [1.29, 1.82) is 0 Å². The molecular formula is C29H41ClN4O2. The van der Waals surface area contributed by atoms with Crippen LogP contribution in [0.25, 0.3) is 0 Å². The molecule has 0 bridgehead atoms. The van der Waals surface area contributed by atoms with Gasteiger partial charge in [-0.05, 0) is 49.7 Å². The van der Waals surface area contributed by atoms with Gasteiger partial charge in [0, 0.05) is 70.5 Å². The molecule has 2 heterocycles. The molecule has 36 heavy (non-hydrogen) atoms. The molecule has 1 atom stereocenters. The van der Waals surface area contributed by atoms with E-state index in [-0.39, 0.29) is 11.9 Å². The first-order valence-corrected chi connectivity index (χ1v) is 13.8. The first-order valence-electron chi connectivity index (χ1n) is 13.5. The van der Waals surface area contributed by atoms with Crippen LogP contribution in [0.2, 0.25) is 5.02 Å². The number of rotatable bonds is 11. The Kier molecular flexibility index (Phi) is 10.6. The van der Waals surface area contributed by atoms with Crippen LogP contribution in [0, 0.1) is 0 Å². The highest BCUT2D eigenvalue weighted by Gasteiger charge is 2.27. The van der Waals surface area contributed by atoms with Crippen molar-refractivity contribution in [2.45, 2.75) is 25.8 Å². The Bertz CT molecular complexity index is 911. The van der Waals surface area contributed by atoms with Crippen molar-refractivity contribution in [3.05, 3.63) is 70.7 Å². The molecule has 0 N–H and O–H groups in total. The van der Waals surface area contributed by atoms with E-state index in [0.717, 1.165) is 82.6 Å². The molecule has 2 aliphatic rings. The van der Waals surface area contributed by atoms with Crippen molar-refractivity contribution < 1.29 is 9.53 Å². The van der Waals surface area contributed by atoms with E-state index in [1.807, 2.05) is 49.4 Å².